The number of aliphatic hydroxyl groups excluding tert-OH is 2. The fourth-order valence-corrected chi connectivity index (χ4v) is 4.47. The van der Waals surface area contributed by atoms with Gasteiger partial charge >= 0.3 is 0 Å². The smallest absolute Gasteiger partial charge is 0.295 e. The van der Waals surface area contributed by atoms with Crippen LogP contribution in [0.4, 0.5) is 0 Å². The Bertz CT molecular complexity index is 1340. The molecule has 0 saturated heterocycles. The molecule has 0 fully saturated rings. The van der Waals surface area contributed by atoms with Gasteiger partial charge in [0.1, 0.15) is 4.90 Å². The zero-order chi connectivity index (χ0) is 23.2. The Balaban J connectivity index is 2.56. The van der Waals surface area contributed by atoms with E-state index in [1.165, 1.54) is 18.2 Å². The van der Waals surface area contributed by atoms with Crippen molar-refractivity contribution in [2.45, 2.75) is 4.90 Å². The minimum atomic E-state index is -4.83. The standard InChI is InChI=1S/C19H12Br2O9S/c20-10-5-8(14(22)18(26)16(10)24)13(7-3-1-2-4-12(7)31(28,29)30)9-6-11(21)17(25)19(27)15(9)23/h1-6,22,24-27H,(H,28,29,30). The summed E-state index contributed by atoms with van der Waals surface area (Å²) >= 11 is 5.95. The SMILES string of the molecule is O=C1C(O)=C(O)C(Br)=CC1=C(c1ccccc1S(=O)(=O)O)c1cc(Br)c(O)c(O)c1O. The molecule has 1 aliphatic carbocycles. The molecule has 0 bridgehead atoms. The van der Waals surface area contributed by atoms with Crippen LogP contribution in [0.1, 0.15) is 11.1 Å². The number of hydrogen-bond acceptors (Lipinski definition) is 8. The van der Waals surface area contributed by atoms with Crippen molar-refractivity contribution in [2.75, 3.05) is 0 Å². The number of aliphatic hydroxyl groups is 2. The summed E-state index contributed by atoms with van der Waals surface area (Å²) in [7, 11) is -4.83. The van der Waals surface area contributed by atoms with E-state index in [1.807, 2.05) is 0 Å². The Morgan fingerprint density at radius 1 is 0.839 bits per heavy atom. The summed E-state index contributed by atoms with van der Waals surface area (Å²) in [5, 5.41) is 50.3. The second-order valence-corrected chi connectivity index (χ2v) is 9.33. The lowest BCUT2D eigenvalue weighted by Gasteiger charge is -2.20. The lowest BCUT2D eigenvalue weighted by Crippen LogP contribution is -2.15. The third-order valence-corrected chi connectivity index (χ3v) is 6.48. The van der Waals surface area contributed by atoms with Gasteiger partial charge in [-0.2, -0.15) is 8.42 Å². The average molecular weight is 576 g/mol. The van der Waals surface area contributed by atoms with Gasteiger partial charge in [0, 0.05) is 22.3 Å². The van der Waals surface area contributed by atoms with Crippen LogP contribution >= 0.6 is 31.9 Å². The van der Waals surface area contributed by atoms with Crippen molar-refractivity contribution < 1.29 is 43.3 Å². The Kier molecular flexibility index (Phi) is 5.93. The molecule has 0 radical (unpaired) electrons. The van der Waals surface area contributed by atoms with Crippen LogP contribution in [0.3, 0.4) is 0 Å². The number of Topliss-reactive ketones (excluding diaryl/α,β-unsaturated/α-hetero) is 1. The molecule has 31 heavy (non-hydrogen) atoms. The van der Waals surface area contributed by atoms with Crippen LogP contribution < -0.4 is 0 Å². The molecule has 0 unspecified atom stereocenters. The molecule has 12 heteroatoms. The highest BCUT2D eigenvalue weighted by atomic mass is 79.9. The molecule has 0 atom stereocenters. The maximum Gasteiger partial charge on any atom is 0.295 e. The number of halogens is 2. The van der Waals surface area contributed by atoms with E-state index in [1.54, 1.807) is 0 Å². The number of aromatic hydroxyl groups is 3. The second kappa shape index (κ2) is 8.04. The molecule has 0 amide bonds. The van der Waals surface area contributed by atoms with E-state index in [-0.39, 0.29) is 25.7 Å². The molecule has 6 N–H and O–H groups in total. The quantitative estimate of drug-likeness (QED) is 0.181. The summed E-state index contributed by atoms with van der Waals surface area (Å²) in [5.41, 5.74) is -1.33. The van der Waals surface area contributed by atoms with Crippen molar-refractivity contribution in [1.29, 1.82) is 0 Å². The molecule has 2 aromatic carbocycles. The number of phenolic OH excluding ortho intramolecular Hbond substituents is 3. The zero-order valence-electron chi connectivity index (χ0n) is 15.0. The van der Waals surface area contributed by atoms with Crippen molar-refractivity contribution in [3.8, 4) is 17.2 Å². The minimum absolute atomic E-state index is 0.117. The summed E-state index contributed by atoms with van der Waals surface area (Å²) in [5.74, 6) is -5.57. The molecule has 2 aromatic rings. The summed E-state index contributed by atoms with van der Waals surface area (Å²) in [6.07, 6.45) is 1.06. The van der Waals surface area contributed by atoms with Crippen LogP contribution in [0.2, 0.25) is 0 Å². The number of carbonyl (C=O) groups excluding carboxylic acids is 1. The monoisotopic (exact) mass is 574 g/mol. The van der Waals surface area contributed by atoms with Crippen LogP contribution in [0.25, 0.3) is 5.57 Å². The summed E-state index contributed by atoms with van der Waals surface area (Å²) in [4.78, 5) is 12.1. The number of ketones is 1. The number of allylic oxidation sites excluding steroid dienone is 3. The van der Waals surface area contributed by atoms with Gasteiger partial charge in [-0.3, -0.25) is 9.35 Å². The summed E-state index contributed by atoms with van der Waals surface area (Å²) in [6, 6.07) is 6.04. The van der Waals surface area contributed by atoms with Gasteiger partial charge in [0.25, 0.3) is 10.1 Å². The highest BCUT2D eigenvalue weighted by Crippen LogP contribution is 2.48. The minimum Gasteiger partial charge on any atom is -0.504 e. The number of hydrogen-bond donors (Lipinski definition) is 6. The van der Waals surface area contributed by atoms with E-state index in [0.717, 1.165) is 18.2 Å². The number of rotatable bonds is 3. The Morgan fingerprint density at radius 2 is 1.45 bits per heavy atom. The lowest BCUT2D eigenvalue weighted by molar-refractivity contribution is -0.114. The summed E-state index contributed by atoms with van der Waals surface area (Å²) in [6.45, 7) is 0. The largest absolute Gasteiger partial charge is 0.504 e. The first-order chi connectivity index (χ1) is 14.4. The molecule has 0 saturated carbocycles. The van der Waals surface area contributed by atoms with Crippen molar-refractivity contribution in [2.24, 2.45) is 0 Å². The van der Waals surface area contributed by atoms with E-state index in [9.17, 15) is 43.3 Å². The first-order valence-corrected chi connectivity index (χ1v) is 11.2. The Labute approximate surface area is 191 Å². The molecule has 0 spiro atoms. The highest BCUT2D eigenvalue weighted by molar-refractivity contribution is 9.12. The van der Waals surface area contributed by atoms with Gasteiger partial charge in [-0.05, 0) is 50.1 Å². The third kappa shape index (κ3) is 3.94. The molecular weight excluding hydrogens is 564 g/mol. The molecule has 0 heterocycles. The Hall–Kier alpha value is -2.80. The van der Waals surface area contributed by atoms with Gasteiger partial charge in [-0.1, -0.05) is 18.2 Å². The zero-order valence-corrected chi connectivity index (χ0v) is 19.0. The highest BCUT2D eigenvalue weighted by Gasteiger charge is 2.32. The van der Waals surface area contributed by atoms with Crippen molar-refractivity contribution in [3.63, 3.8) is 0 Å². The molecule has 0 aromatic heterocycles. The van der Waals surface area contributed by atoms with E-state index >= 15 is 0 Å². The van der Waals surface area contributed by atoms with Crippen molar-refractivity contribution >= 4 is 53.3 Å². The van der Waals surface area contributed by atoms with Crippen LogP contribution in [-0.2, 0) is 14.9 Å². The predicted molar refractivity (Wildman–Crippen MR) is 116 cm³/mol. The molecule has 0 aliphatic heterocycles. The predicted octanol–water partition coefficient (Wildman–Crippen LogP) is 3.80. The van der Waals surface area contributed by atoms with Crippen molar-refractivity contribution in [1.82, 2.24) is 0 Å². The van der Waals surface area contributed by atoms with Gasteiger partial charge in [0.15, 0.2) is 17.3 Å². The van der Waals surface area contributed by atoms with E-state index in [0.29, 0.717) is 0 Å². The third-order valence-electron chi connectivity index (χ3n) is 4.36. The van der Waals surface area contributed by atoms with Gasteiger partial charge in [-0.15, -0.1) is 0 Å². The van der Waals surface area contributed by atoms with Crippen LogP contribution in [0, 0.1) is 0 Å². The maximum atomic E-state index is 12.8. The van der Waals surface area contributed by atoms with E-state index in [4.69, 9.17) is 0 Å². The summed E-state index contributed by atoms with van der Waals surface area (Å²) < 4.78 is 33.4. The topological polar surface area (TPSA) is 173 Å². The molecule has 3 rings (SSSR count). The van der Waals surface area contributed by atoms with E-state index in [2.05, 4.69) is 31.9 Å². The van der Waals surface area contributed by atoms with Gasteiger partial charge in [0.2, 0.25) is 17.3 Å². The maximum absolute atomic E-state index is 12.8. The van der Waals surface area contributed by atoms with Crippen LogP contribution in [0.15, 0.2) is 67.3 Å². The van der Waals surface area contributed by atoms with Crippen molar-refractivity contribution in [3.05, 3.63) is 73.6 Å². The molecule has 9 nitrogen and oxygen atoms in total. The number of benzene rings is 2. The fraction of sp³-hybridized carbons (Fsp3) is 0. The van der Waals surface area contributed by atoms with Gasteiger partial charge < -0.3 is 25.5 Å². The van der Waals surface area contributed by atoms with Crippen LogP contribution in [-0.4, -0.2) is 44.3 Å². The van der Waals surface area contributed by atoms with Gasteiger partial charge in [0.05, 0.1) is 8.96 Å². The first-order valence-electron chi connectivity index (χ1n) is 8.15. The van der Waals surface area contributed by atoms with E-state index < -0.39 is 55.1 Å². The van der Waals surface area contributed by atoms with Gasteiger partial charge in [-0.25, -0.2) is 0 Å². The number of carbonyl (C=O) groups is 1. The fourth-order valence-electron chi connectivity index (χ4n) is 2.93. The lowest BCUT2D eigenvalue weighted by atomic mass is 9.88. The average Bonchev–Trinajstić information content (AvgIpc) is 2.72. The Morgan fingerprint density at radius 3 is 2.06 bits per heavy atom. The molecule has 1 aliphatic rings. The number of phenols is 3. The molecule has 162 valence electrons. The first kappa shape index (κ1) is 22.9. The second-order valence-electron chi connectivity index (χ2n) is 6.23. The van der Waals surface area contributed by atoms with Crippen LogP contribution in [0.5, 0.6) is 17.2 Å². The molecular formula is C19H12Br2O9S. The normalized spacial score (nSPS) is 16.4.